The Hall–Kier alpha value is -2.37. The van der Waals surface area contributed by atoms with Crippen molar-refractivity contribution in [3.05, 3.63) is 75.6 Å². The van der Waals surface area contributed by atoms with Crippen LogP contribution in [0.4, 0.5) is 11.5 Å². The maximum Gasteiger partial charge on any atom is 0.266 e. The minimum atomic E-state index is -0.140. The summed E-state index contributed by atoms with van der Waals surface area (Å²) in [5.74, 6) is 0.396. The van der Waals surface area contributed by atoms with Crippen LogP contribution in [0, 0.1) is 0 Å². The molecule has 3 rings (SSSR count). The highest BCUT2D eigenvalue weighted by Crippen LogP contribution is 2.14. The molecule has 2 aromatic heterocycles. The molecule has 0 spiro atoms. The molecule has 24 heavy (non-hydrogen) atoms. The van der Waals surface area contributed by atoms with E-state index in [0.29, 0.717) is 10.7 Å². The zero-order chi connectivity index (χ0) is 16.8. The van der Waals surface area contributed by atoms with E-state index in [1.165, 1.54) is 16.9 Å². The maximum atomic E-state index is 11.9. The molecule has 0 fully saturated rings. The average Bonchev–Trinajstić information content (AvgIpc) is 3.11. The second-order valence-electron chi connectivity index (χ2n) is 5.17. The highest BCUT2D eigenvalue weighted by atomic mass is 35.5. The fraction of sp³-hybridized carbons (Fsp3) is 0.111. The number of amides is 1. The van der Waals surface area contributed by atoms with Gasteiger partial charge in [0.1, 0.15) is 5.82 Å². The number of thiophene rings is 1. The van der Waals surface area contributed by atoms with Gasteiger partial charge in [0.15, 0.2) is 0 Å². The number of anilines is 2. The van der Waals surface area contributed by atoms with Crippen LogP contribution < -0.4 is 10.6 Å². The molecule has 0 bridgehead atoms. The quantitative estimate of drug-likeness (QED) is 0.672. The van der Waals surface area contributed by atoms with E-state index in [0.717, 1.165) is 23.7 Å². The smallest absolute Gasteiger partial charge is 0.266 e. The van der Waals surface area contributed by atoms with Crippen LogP contribution in [0.1, 0.15) is 15.2 Å². The van der Waals surface area contributed by atoms with E-state index in [1.54, 1.807) is 18.3 Å². The molecule has 1 amide bonds. The molecule has 4 nitrogen and oxygen atoms in total. The first-order valence-corrected chi connectivity index (χ1v) is 8.76. The van der Waals surface area contributed by atoms with Crippen LogP contribution in [0.25, 0.3) is 0 Å². The Labute approximate surface area is 149 Å². The lowest BCUT2D eigenvalue weighted by Gasteiger charge is -2.08. The van der Waals surface area contributed by atoms with Crippen molar-refractivity contribution in [3.63, 3.8) is 0 Å². The second kappa shape index (κ2) is 7.95. The SMILES string of the molecule is O=C(Nc1ccc(NCCc2cccc(Cl)c2)cn1)c1cccs1. The molecule has 6 heteroatoms. The van der Waals surface area contributed by atoms with Crippen molar-refractivity contribution in [3.8, 4) is 0 Å². The number of benzene rings is 1. The number of pyridine rings is 1. The van der Waals surface area contributed by atoms with Gasteiger partial charge in [-0.2, -0.15) is 0 Å². The second-order valence-corrected chi connectivity index (χ2v) is 6.55. The zero-order valence-corrected chi connectivity index (χ0v) is 14.4. The van der Waals surface area contributed by atoms with Gasteiger partial charge < -0.3 is 10.6 Å². The van der Waals surface area contributed by atoms with Crippen LogP contribution in [0.5, 0.6) is 0 Å². The van der Waals surface area contributed by atoms with E-state index in [4.69, 9.17) is 11.6 Å². The number of carbonyl (C=O) groups is 1. The lowest BCUT2D eigenvalue weighted by atomic mass is 10.1. The number of aromatic nitrogens is 1. The van der Waals surface area contributed by atoms with Crippen molar-refractivity contribution < 1.29 is 4.79 Å². The molecule has 0 unspecified atom stereocenters. The Morgan fingerprint density at radius 2 is 2.08 bits per heavy atom. The van der Waals surface area contributed by atoms with Crippen molar-refractivity contribution in [2.75, 3.05) is 17.2 Å². The summed E-state index contributed by atoms with van der Waals surface area (Å²) < 4.78 is 0. The van der Waals surface area contributed by atoms with E-state index in [2.05, 4.69) is 21.7 Å². The lowest BCUT2D eigenvalue weighted by molar-refractivity contribution is 0.103. The van der Waals surface area contributed by atoms with Crippen LogP contribution in [0.3, 0.4) is 0 Å². The molecule has 0 aliphatic carbocycles. The molecular formula is C18H16ClN3OS. The first-order valence-electron chi connectivity index (χ1n) is 7.50. The van der Waals surface area contributed by atoms with Crippen LogP contribution in [0.15, 0.2) is 60.1 Å². The number of hydrogen-bond donors (Lipinski definition) is 2. The molecule has 2 N–H and O–H groups in total. The molecule has 0 radical (unpaired) electrons. The normalized spacial score (nSPS) is 10.4. The van der Waals surface area contributed by atoms with Gasteiger partial charge >= 0.3 is 0 Å². The third-order valence-corrected chi connectivity index (χ3v) is 4.49. The summed E-state index contributed by atoms with van der Waals surface area (Å²) in [4.78, 5) is 16.9. The largest absolute Gasteiger partial charge is 0.383 e. The summed E-state index contributed by atoms with van der Waals surface area (Å²) in [5, 5.41) is 8.70. The molecule has 0 saturated heterocycles. The van der Waals surface area contributed by atoms with Crippen molar-refractivity contribution >= 4 is 40.4 Å². The summed E-state index contributed by atoms with van der Waals surface area (Å²) in [6.45, 7) is 0.781. The van der Waals surface area contributed by atoms with Crippen LogP contribution >= 0.6 is 22.9 Å². The molecule has 0 atom stereocenters. The molecule has 0 saturated carbocycles. The summed E-state index contributed by atoms with van der Waals surface area (Å²) in [6, 6.07) is 15.1. The third kappa shape index (κ3) is 4.57. The molecule has 1 aromatic carbocycles. The monoisotopic (exact) mass is 357 g/mol. The lowest BCUT2D eigenvalue weighted by Crippen LogP contribution is -2.11. The number of rotatable bonds is 6. The van der Waals surface area contributed by atoms with Gasteiger partial charge in [0.05, 0.1) is 16.8 Å². The molecular weight excluding hydrogens is 342 g/mol. The van der Waals surface area contributed by atoms with Gasteiger partial charge in [-0.15, -0.1) is 11.3 Å². The first kappa shape index (κ1) is 16.5. The standard InChI is InChI=1S/C18H16ClN3OS/c19-14-4-1-3-13(11-14)8-9-20-15-6-7-17(21-12-15)22-18(23)16-5-2-10-24-16/h1-7,10-12,20H,8-9H2,(H,21,22,23). The number of nitrogens with zero attached hydrogens (tertiary/aromatic N) is 1. The van der Waals surface area contributed by atoms with E-state index in [-0.39, 0.29) is 5.91 Å². The summed E-state index contributed by atoms with van der Waals surface area (Å²) in [5.41, 5.74) is 2.09. The van der Waals surface area contributed by atoms with Crippen molar-refractivity contribution in [1.29, 1.82) is 0 Å². The average molecular weight is 358 g/mol. The molecule has 0 aliphatic heterocycles. The Kier molecular flexibility index (Phi) is 5.46. The van der Waals surface area contributed by atoms with Crippen LogP contribution in [0.2, 0.25) is 5.02 Å². The Morgan fingerprint density at radius 3 is 2.79 bits per heavy atom. The molecule has 2 heterocycles. The number of halogens is 1. The van der Waals surface area contributed by atoms with Gasteiger partial charge in [-0.25, -0.2) is 4.98 Å². The number of carbonyl (C=O) groups excluding carboxylic acids is 1. The minimum Gasteiger partial charge on any atom is -0.383 e. The Morgan fingerprint density at radius 1 is 1.17 bits per heavy atom. The van der Waals surface area contributed by atoms with Gasteiger partial charge in [-0.05, 0) is 47.7 Å². The molecule has 3 aromatic rings. The highest BCUT2D eigenvalue weighted by molar-refractivity contribution is 7.12. The molecule has 122 valence electrons. The van der Waals surface area contributed by atoms with Gasteiger partial charge in [-0.3, -0.25) is 4.79 Å². The Balaban J connectivity index is 1.50. The van der Waals surface area contributed by atoms with Gasteiger partial charge in [0, 0.05) is 11.6 Å². The van der Waals surface area contributed by atoms with Crippen LogP contribution in [-0.2, 0) is 6.42 Å². The van der Waals surface area contributed by atoms with E-state index < -0.39 is 0 Å². The molecule has 0 aliphatic rings. The first-order chi connectivity index (χ1) is 11.7. The maximum absolute atomic E-state index is 11.9. The predicted octanol–water partition coefficient (Wildman–Crippen LogP) is 4.70. The highest BCUT2D eigenvalue weighted by Gasteiger charge is 2.07. The van der Waals surface area contributed by atoms with Crippen molar-refractivity contribution in [2.24, 2.45) is 0 Å². The van der Waals surface area contributed by atoms with Gasteiger partial charge in [0.25, 0.3) is 5.91 Å². The minimum absolute atomic E-state index is 0.140. The Bertz CT molecular complexity index is 803. The summed E-state index contributed by atoms with van der Waals surface area (Å²) >= 11 is 7.37. The van der Waals surface area contributed by atoms with Gasteiger partial charge in [-0.1, -0.05) is 29.8 Å². The predicted molar refractivity (Wildman–Crippen MR) is 100 cm³/mol. The number of hydrogen-bond acceptors (Lipinski definition) is 4. The van der Waals surface area contributed by atoms with Crippen molar-refractivity contribution in [2.45, 2.75) is 6.42 Å². The van der Waals surface area contributed by atoms with Crippen LogP contribution in [-0.4, -0.2) is 17.4 Å². The fourth-order valence-corrected chi connectivity index (χ4v) is 3.03. The van der Waals surface area contributed by atoms with E-state index in [9.17, 15) is 4.79 Å². The zero-order valence-electron chi connectivity index (χ0n) is 12.8. The topological polar surface area (TPSA) is 54.0 Å². The van der Waals surface area contributed by atoms with Gasteiger partial charge in [0.2, 0.25) is 0 Å². The fourth-order valence-electron chi connectivity index (χ4n) is 2.20. The van der Waals surface area contributed by atoms with E-state index >= 15 is 0 Å². The summed E-state index contributed by atoms with van der Waals surface area (Å²) in [6.07, 6.45) is 2.58. The van der Waals surface area contributed by atoms with E-state index in [1.807, 2.05) is 35.7 Å². The third-order valence-electron chi connectivity index (χ3n) is 3.38. The summed E-state index contributed by atoms with van der Waals surface area (Å²) in [7, 11) is 0. The number of nitrogens with one attached hydrogen (secondary N) is 2. The van der Waals surface area contributed by atoms with Crippen molar-refractivity contribution in [1.82, 2.24) is 4.98 Å².